The van der Waals surface area contributed by atoms with Gasteiger partial charge >= 0.3 is 0 Å². The number of hydrogen-bond donors (Lipinski definition) is 3. The van der Waals surface area contributed by atoms with E-state index in [1.807, 2.05) is 48.5 Å². The van der Waals surface area contributed by atoms with Crippen molar-refractivity contribution >= 4 is 29.5 Å². The number of rotatable bonds is 8. The van der Waals surface area contributed by atoms with Crippen LogP contribution in [0.4, 0.5) is 15.8 Å². The van der Waals surface area contributed by atoms with E-state index >= 15 is 0 Å². The van der Waals surface area contributed by atoms with Crippen LogP contribution in [0, 0.1) is 11.7 Å². The third-order valence-corrected chi connectivity index (χ3v) is 10.4. The molecule has 0 bridgehead atoms. The Kier molecular flexibility index (Phi) is 16.6. The number of aldehydes is 1. The molecule has 0 aromatic heterocycles. The molecule has 4 aliphatic rings. The Morgan fingerprint density at radius 3 is 2.23 bits per heavy atom. The summed E-state index contributed by atoms with van der Waals surface area (Å²) in [6.45, 7) is 8.27. The van der Waals surface area contributed by atoms with Crippen LogP contribution in [-0.4, -0.2) is 87.6 Å². The molecule has 3 N–H and O–H groups in total. The SMILES string of the molecule is CNC(=O)CCCC=O.O=C1NCc2cc(N3CCN(CC4CCN(c5ccccc5)CC4)CC3)c(F)cc21.Oc1ccc2c(c1)OCCC2.c1ccccc1. The molecule has 2 amide bonds. The molecule has 298 valence electrons. The van der Waals surface area contributed by atoms with E-state index in [2.05, 4.69) is 55.7 Å². The van der Waals surface area contributed by atoms with Crippen molar-refractivity contribution in [2.75, 3.05) is 69.3 Å². The van der Waals surface area contributed by atoms with Crippen molar-refractivity contribution in [2.45, 2.75) is 51.5 Å². The summed E-state index contributed by atoms with van der Waals surface area (Å²) in [5, 5.41) is 14.3. The standard InChI is InChI=1S/C24H29FN4O.C9H10O2.C6H11NO2.C6H6/c25-22-15-21-19(16-26-24(21)30)14-23(22)29-12-10-27(11-13-29)17-18-6-8-28(9-7-18)20-4-2-1-3-5-20;10-8-4-3-7-2-1-5-11-9(7)6-8;1-7-6(9)4-2-3-5-8;1-2-4-6-5-3-1/h1-5,14-15,18H,6-13,16-17H2,(H,26,30);3-4,6,10H,1-2,5H2;5H,2-4H2,1H3,(H,7,9);1-6H. The average molecular weight is 766 g/mol. The van der Waals surface area contributed by atoms with E-state index < -0.39 is 0 Å². The predicted molar refractivity (Wildman–Crippen MR) is 220 cm³/mol. The number of ether oxygens (including phenoxy) is 1. The number of halogens is 1. The summed E-state index contributed by atoms with van der Waals surface area (Å²) in [6, 6.07) is 31.2. The highest BCUT2D eigenvalue weighted by Gasteiger charge is 2.27. The number of nitrogens with zero attached hydrogens (tertiary/aromatic N) is 3. The largest absolute Gasteiger partial charge is 0.508 e. The van der Waals surface area contributed by atoms with Crippen LogP contribution < -0.4 is 25.2 Å². The Morgan fingerprint density at radius 1 is 0.893 bits per heavy atom. The lowest BCUT2D eigenvalue weighted by molar-refractivity contribution is -0.120. The fraction of sp³-hybridized carbons (Fsp3) is 0.400. The molecule has 0 saturated carbocycles. The van der Waals surface area contributed by atoms with E-state index in [9.17, 15) is 18.8 Å². The van der Waals surface area contributed by atoms with Crippen molar-refractivity contribution in [3.05, 3.63) is 120 Å². The summed E-state index contributed by atoms with van der Waals surface area (Å²) in [6.07, 6.45) is 7.02. The first-order valence-corrected chi connectivity index (χ1v) is 19.8. The maximum Gasteiger partial charge on any atom is 0.252 e. The van der Waals surface area contributed by atoms with Crippen molar-refractivity contribution in [1.29, 1.82) is 0 Å². The van der Waals surface area contributed by atoms with Crippen LogP contribution in [-0.2, 0) is 22.6 Å². The van der Waals surface area contributed by atoms with Gasteiger partial charge in [0.1, 0.15) is 23.6 Å². The molecule has 4 aromatic rings. The number of anilines is 2. The fourth-order valence-corrected chi connectivity index (χ4v) is 7.21. The van der Waals surface area contributed by atoms with Gasteiger partial charge in [-0.25, -0.2) is 4.39 Å². The molecular weight excluding hydrogens is 710 g/mol. The second-order valence-corrected chi connectivity index (χ2v) is 14.3. The summed E-state index contributed by atoms with van der Waals surface area (Å²) >= 11 is 0. The molecule has 4 aromatic carbocycles. The number of phenolic OH excluding ortho intramolecular Hbond substituents is 1. The Labute approximate surface area is 330 Å². The molecular formula is C45H56FN5O5. The normalized spacial score (nSPS) is 16.1. The maximum absolute atomic E-state index is 14.6. The molecule has 10 nitrogen and oxygen atoms in total. The molecule has 0 aliphatic carbocycles. The second kappa shape index (κ2) is 22.2. The van der Waals surface area contributed by atoms with E-state index in [1.165, 1.54) is 30.2 Å². The van der Waals surface area contributed by atoms with Crippen LogP contribution in [0.5, 0.6) is 11.5 Å². The minimum Gasteiger partial charge on any atom is -0.508 e. The molecule has 11 heteroatoms. The second-order valence-electron chi connectivity index (χ2n) is 14.3. The number of piperazine rings is 1. The fourth-order valence-electron chi connectivity index (χ4n) is 7.21. The predicted octanol–water partition coefficient (Wildman–Crippen LogP) is 6.61. The highest BCUT2D eigenvalue weighted by molar-refractivity contribution is 5.98. The van der Waals surface area contributed by atoms with Gasteiger partial charge in [0.05, 0.1) is 12.3 Å². The third kappa shape index (κ3) is 12.8. The van der Waals surface area contributed by atoms with E-state index in [4.69, 9.17) is 9.84 Å². The number of carbonyl (C=O) groups excluding carboxylic acids is 3. The number of carbonyl (C=O) groups is 3. The highest BCUT2D eigenvalue weighted by Crippen LogP contribution is 2.30. The zero-order valence-electron chi connectivity index (χ0n) is 32.5. The minimum absolute atomic E-state index is 0.00292. The van der Waals surface area contributed by atoms with Crippen LogP contribution >= 0.6 is 0 Å². The number of amides is 2. The minimum atomic E-state index is -0.285. The number of aromatic hydroxyl groups is 1. The number of benzene rings is 4. The van der Waals surface area contributed by atoms with Crippen molar-refractivity contribution in [3.63, 3.8) is 0 Å². The molecule has 0 unspecified atom stereocenters. The quantitative estimate of drug-likeness (QED) is 0.136. The van der Waals surface area contributed by atoms with E-state index in [1.54, 1.807) is 19.2 Å². The molecule has 0 spiro atoms. The number of piperidine rings is 1. The lowest BCUT2D eigenvalue weighted by Crippen LogP contribution is -2.49. The molecule has 4 heterocycles. The molecule has 56 heavy (non-hydrogen) atoms. The number of hydrogen-bond acceptors (Lipinski definition) is 8. The molecule has 2 saturated heterocycles. The lowest BCUT2D eigenvalue weighted by atomic mass is 9.95. The van der Waals surface area contributed by atoms with Crippen LogP contribution in [0.15, 0.2) is 97.1 Å². The van der Waals surface area contributed by atoms with E-state index in [-0.39, 0.29) is 23.4 Å². The van der Waals surface area contributed by atoms with Gasteiger partial charge < -0.3 is 35.1 Å². The molecule has 0 atom stereocenters. The third-order valence-electron chi connectivity index (χ3n) is 10.4. The van der Waals surface area contributed by atoms with Gasteiger partial charge in [-0.3, -0.25) is 14.5 Å². The van der Waals surface area contributed by atoms with Crippen LogP contribution in [0.2, 0.25) is 0 Å². The zero-order chi connectivity index (χ0) is 39.5. The topological polar surface area (TPSA) is 114 Å². The molecule has 4 aliphatic heterocycles. The summed E-state index contributed by atoms with van der Waals surface area (Å²) < 4.78 is 20.0. The molecule has 0 radical (unpaired) electrons. The summed E-state index contributed by atoms with van der Waals surface area (Å²) in [7, 11) is 1.59. The highest BCUT2D eigenvalue weighted by atomic mass is 19.1. The van der Waals surface area contributed by atoms with Gasteiger partial charge in [-0.2, -0.15) is 0 Å². The zero-order valence-corrected chi connectivity index (χ0v) is 32.5. The van der Waals surface area contributed by atoms with Crippen molar-refractivity contribution in [3.8, 4) is 11.5 Å². The lowest BCUT2D eigenvalue weighted by Gasteiger charge is -2.40. The van der Waals surface area contributed by atoms with Crippen LogP contribution in [0.3, 0.4) is 0 Å². The smallest absolute Gasteiger partial charge is 0.252 e. The number of aryl methyl sites for hydroxylation is 1. The van der Waals surface area contributed by atoms with Gasteiger partial charge in [0.15, 0.2) is 0 Å². The van der Waals surface area contributed by atoms with E-state index in [0.29, 0.717) is 37.1 Å². The van der Waals surface area contributed by atoms with Crippen molar-refractivity contribution < 1.29 is 28.6 Å². The first-order valence-electron chi connectivity index (χ1n) is 19.8. The number of phenols is 1. The average Bonchev–Trinajstić information content (AvgIpc) is 3.61. The van der Waals surface area contributed by atoms with Gasteiger partial charge in [0.25, 0.3) is 5.91 Å². The molecule has 8 rings (SSSR count). The summed E-state index contributed by atoms with van der Waals surface area (Å²) in [5.41, 5.74) is 4.56. The van der Waals surface area contributed by atoms with Gasteiger partial charge in [-0.05, 0) is 79.5 Å². The first-order chi connectivity index (χ1) is 27.3. The number of para-hydroxylation sites is 1. The van der Waals surface area contributed by atoms with Gasteiger partial charge in [0.2, 0.25) is 5.91 Å². The maximum atomic E-state index is 14.6. The monoisotopic (exact) mass is 765 g/mol. The van der Waals surface area contributed by atoms with Gasteiger partial charge in [-0.15, -0.1) is 0 Å². The van der Waals surface area contributed by atoms with E-state index in [0.717, 1.165) is 88.8 Å². The first kappa shape index (κ1) is 41.7. The Morgan fingerprint density at radius 2 is 1.57 bits per heavy atom. The summed E-state index contributed by atoms with van der Waals surface area (Å²) in [4.78, 5) is 39.1. The van der Waals surface area contributed by atoms with Gasteiger partial charge in [-0.1, -0.05) is 60.7 Å². The summed E-state index contributed by atoms with van der Waals surface area (Å²) in [5.74, 6) is 1.41. The van der Waals surface area contributed by atoms with Crippen LogP contribution in [0.25, 0.3) is 0 Å². The Balaban J connectivity index is 0.000000186. The van der Waals surface area contributed by atoms with Crippen LogP contribution in [0.1, 0.15) is 60.0 Å². The number of fused-ring (bicyclic) bond motifs is 2. The molecule has 2 fully saturated rings. The number of unbranched alkanes of at least 4 members (excludes halogenated alkanes) is 1. The van der Waals surface area contributed by atoms with Crippen molar-refractivity contribution in [1.82, 2.24) is 15.5 Å². The van der Waals surface area contributed by atoms with Gasteiger partial charge in [0, 0.05) is 89.6 Å². The Hall–Kier alpha value is -5.42. The van der Waals surface area contributed by atoms with Crippen molar-refractivity contribution in [2.24, 2.45) is 5.92 Å². The number of nitrogens with one attached hydrogen (secondary N) is 2. The Bertz CT molecular complexity index is 1790.